The van der Waals surface area contributed by atoms with Crippen LogP contribution in [0, 0.1) is 12.8 Å². The number of aromatic amines is 1. The zero-order valence-electron chi connectivity index (χ0n) is 8.71. The smallest absolute Gasteiger partial charge is 0.164 e. The molecule has 4 nitrogen and oxygen atoms in total. The first-order valence-corrected chi connectivity index (χ1v) is 5.43. The predicted molar refractivity (Wildman–Crippen MR) is 54.8 cm³/mol. The molecule has 1 aromatic rings. The van der Waals surface area contributed by atoms with Gasteiger partial charge in [-0.15, -0.1) is 0 Å². The highest BCUT2D eigenvalue weighted by molar-refractivity contribution is 4.87. The van der Waals surface area contributed by atoms with Gasteiger partial charge in [-0.05, 0) is 32.2 Å². The Morgan fingerprint density at radius 3 is 2.86 bits per heavy atom. The van der Waals surface area contributed by atoms with Crippen LogP contribution in [0.2, 0.25) is 0 Å². The molecular weight excluding hydrogens is 176 g/mol. The topological polar surface area (TPSA) is 53.6 Å². The van der Waals surface area contributed by atoms with E-state index in [0.29, 0.717) is 0 Å². The zero-order chi connectivity index (χ0) is 9.80. The molecule has 2 N–H and O–H groups in total. The summed E-state index contributed by atoms with van der Waals surface area (Å²) < 4.78 is 0. The highest BCUT2D eigenvalue weighted by atomic mass is 15.2. The summed E-state index contributed by atoms with van der Waals surface area (Å²) in [6.07, 6.45) is 5.60. The minimum Gasteiger partial charge on any atom is -0.310 e. The summed E-state index contributed by atoms with van der Waals surface area (Å²) in [6, 6.07) is 0. The SMILES string of the molecule is Cc1nc(CNCC2CCCC2)n[nH]1. The zero-order valence-corrected chi connectivity index (χ0v) is 8.71. The third kappa shape index (κ3) is 2.54. The Kier molecular flexibility index (Phi) is 3.14. The lowest BCUT2D eigenvalue weighted by Crippen LogP contribution is -2.21. The van der Waals surface area contributed by atoms with Crippen LogP contribution in [0.3, 0.4) is 0 Å². The van der Waals surface area contributed by atoms with Gasteiger partial charge in [0.05, 0.1) is 6.54 Å². The number of hydrogen-bond donors (Lipinski definition) is 2. The second kappa shape index (κ2) is 4.55. The molecule has 0 aliphatic heterocycles. The van der Waals surface area contributed by atoms with Crippen LogP contribution >= 0.6 is 0 Å². The fourth-order valence-electron chi connectivity index (χ4n) is 2.07. The Bertz CT molecular complexity index is 275. The minimum atomic E-state index is 0.792. The highest BCUT2D eigenvalue weighted by Gasteiger charge is 2.14. The number of hydrogen-bond acceptors (Lipinski definition) is 3. The molecule has 0 spiro atoms. The predicted octanol–water partition coefficient (Wildman–Crippen LogP) is 1.39. The highest BCUT2D eigenvalue weighted by Crippen LogP contribution is 2.23. The number of nitrogens with one attached hydrogen (secondary N) is 2. The van der Waals surface area contributed by atoms with Crippen LogP contribution < -0.4 is 5.32 Å². The van der Waals surface area contributed by atoms with Crippen LogP contribution in [0.5, 0.6) is 0 Å². The van der Waals surface area contributed by atoms with Gasteiger partial charge in [-0.2, -0.15) is 5.10 Å². The van der Waals surface area contributed by atoms with Crippen LogP contribution in [0.25, 0.3) is 0 Å². The number of rotatable bonds is 4. The van der Waals surface area contributed by atoms with Gasteiger partial charge in [0, 0.05) is 0 Å². The van der Waals surface area contributed by atoms with Gasteiger partial charge in [-0.3, -0.25) is 5.10 Å². The lowest BCUT2D eigenvalue weighted by atomic mass is 10.1. The first kappa shape index (κ1) is 9.65. The normalized spacial score (nSPS) is 17.8. The van der Waals surface area contributed by atoms with E-state index < -0.39 is 0 Å². The first-order valence-electron chi connectivity index (χ1n) is 5.43. The Hall–Kier alpha value is -0.900. The molecule has 0 amide bonds. The van der Waals surface area contributed by atoms with Crippen LogP contribution in [0.1, 0.15) is 37.3 Å². The van der Waals surface area contributed by atoms with E-state index in [-0.39, 0.29) is 0 Å². The van der Waals surface area contributed by atoms with Crippen LogP contribution in [0.15, 0.2) is 0 Å². The molecule has 4 heteroatoms. The van der Waals surface area contributed by atoms with Crippen molar-refractivity contribution in [3.8, 4) is 0 Å². The molecule has 0 radical (unpaired) electrons. The van der Waals surface area contributed by atoms with Gasteiger partial charge in [-0.25, -0.2) is 4.98 Å². The molecule has 0 bridgehead atoms. The quantitative estimate of drug-likeness (QED) is 0.761. The standard InChI is InChI=1S/C10H18N4/c1-8-12-10(14-13-8)7-11-6-9-4-2-3-5-9/h9,11H,2-7H2,1H3,(H,12,13,14). The number of H-pyrrole nitrogens is 1. The van der Waals surface area contributed by atoms with Gasteiger partial charge in [0.25, 0.3) is 0 Å². The van der Waals surface area contributed by atoms with Gasteiger partial charge >= 0.3 is 0 Å². The van der Waals surface area contributed by atoms with Crippen molar-refractivity contribution < 1.29 is 0 Å². The molecule has 14 heavy (non-hydrogen) atoms. The first-order chi connectivity index (χ1) is 6.84. The Labute approximate surface area is 84.5 Å². The van der Waals surface area contributed by atoms with E-state index in [1.807, 2.05) is 6.92 Å². The molecule has 1 aromatic heterocycles. The van der Waals surface area contributed by atoms with Gasteiger partial charge in [0.15, 0.2) is 5.82 Å². The molecule has 1 fully saturated rings. The summed E-state index contributed by atoms with van der Waals surface area (Å²) >= 11 is 0. The molecule has 2 rings (SSSR count). The molecule has 1 heterocycles. The van der Waals surface area contributed by atoms with E-state index in [2.05, 4.69) is 20.5 Å². The summed E-state index contributed by atoms with van der Waals surface area (Å²) in [5, 5.41) is 10.3. The Balaban J connectivity index is 1.67. The summed E-state index contributed by atoms with van der Waals surface area (Å²) in [5.74, 6) is 2.65. The minimum absolute atomic E-state index is 0.792. The van der Waals surface area contributed by atoms with Crippen molar-refractivity contribution >= 4 is 0 Å². The maximum Gasteiger partial charge on any atom is 0.164 e. The van der Waals surface area contributed by atoms with E-state index in [9.17, 15) is 0 Å². The summed E-state index contributed by atoms with van der Waals surface area (Å²) in [5.41, 5.74) is 0. The largest absolute Gasteiger partial charge is 0.310 e. The summed E-state index contributed by atoms with van der Waals surface area (Å²) in [4.78, 5) is 4.25. The molecule has 78 valence electrons. The van der Waals surface area contributed by atoms with E-state index >= 15 is 0 Å². The molecule has 1 aliphatic rings. The molecule has 0 saturated heterocycles. The number of aryl methyl sites for hydroxylation is 1. The van der Waals surface area contributed by atoms with Crippen molar-refractivity contribution in [2.24, 2.45) is 5.92 Å². The van der Waals surface area contributed by atoms with Crippen molar-refractivity contribution in [1.29, 1.82) is 0 Å². The molecule has 0 atom stereocenters. The van der Waals surface area contributed by atoms with E-state index in [4.69, 9.17) is 0 Å². The maximum absolute atomic E-state index is 4.25. The number of aromatic nitrogens is 3. The lowest BCUT2D eigenvalue weighted by molar-refractivity contribution is 0.484. The van der Waals surface area contributed by atoms with Crippen molar-refractivity contribution in [1.82, 2.24) is 20.5 Å². The Morgan fingerprint density at radius 1 is 1.43 bits per heavy atom. The lowest BCUT2D eigenvalue weighted by Gasteiger charge is -2.08. The van der Waals surface area contributed by atoms with Gasteiger partial charge < -0.3 is 5.32 Å². The maximum atomic E-state index is 4.25. The summed E-state index contributed by atoms with van der Waals surface area (Å²) in [6.45, 7) is 3.84. The fourth-order valence-corrected chi connectivity index (χ4v) is 2.07. The number of nitrogens with zero attached hydrogens (tertiary/aromatic N) is 2. The van der Waals surface area contributed by atoms with Gasteiger partial charge in [0.1, 0.15) is 5.82 Å². The van der Waals surface area contributed by atoms with Crippen molar-refractivity contribution in [2.75, 3.05) is 6.54 Å². The van der Waals surface area contributed by atoms with E-state index in [1.165, 1.54) is 25.7 Å². The molecule has 1 aliphatic carbocycles. The van der Waals surface area contributed by atoms with Crippen molar-refractivity contribution in [3.05, 3.63) is 11.6 Å². The van der Waals surface area contributed by atoms with Gasteiger partial charge in [-0.1, -0.05) is 12.8 Å². The Morgan fingerprint density at radius 2 is 2.21 bits per heavy atom. The fraction of sp³-hybridized carbons (Fsp3) is 0.800. The van der Waals surface area contributed by atoms with Crippen LogP contribution in [-0.4, -0.2) is 21.7 Å². The van der Waals surface area contributed by atoms with Crippen LogP contribution in [-0.2, 0) is 6.54 Å². The monoisotopic (exact) mass is 194 g/mol. The molecule has 0 unspecified atom stereocenters. The van der Waals surface area contributed by atoms with Gasteiger partial charge in [0.2, 0.25) is 0 Å². The summed E-state index contributed by atoms with van der Waals surface area (Å²) in [7, 11) is 0. The molecule has 1 saturated carbocycles. The van der Waals surface area contributed by atoms with Crippen molar-refractivity contribution in [2.45, 2.75) is 39.2 Å². The van der Waals surface area contributed by atoms with E-state index in [1.54, 1.807) is 0 Å². The average Bonchev–Trinajstić information content (AvgIpc) is 2.77. The van der Waals surface area contributed by atoms with E-state index in [0.717, 1.165) is 30.7 Å². The van der Waals surface area contributed by atoms with Crippen molar-refractivity contribution in [3.63, 3.8) is 0 Å². The van der Waals surface area contributed by atoms with Crippen LogP contribution in [0.4, 0.5) is 0 Å². The molecular formula is C10H18N4. The average molecular weight is 194 g/mol. The second-order valence-corrected chi connectivity index (χ2v) is 4.12. The third-order valence-electron chi connectivity index (χ3n) is 2.83. The third-order valence-corrected chi connectivity index (χ3v) is 2.83. The molecule has 0 aromatic carbocycles. The second-order valence-electron chi connectivity index (χ2n) is 4.12.